The Morgan fingerprint density at radius 3 is 2.94 bits per heavy atom. The molecule has 0 aromatic carbocycles. The molecular weight excluding hydrogens is 218 g/mol. The van der Waals surface area contributed by atoms with Gasteiger partial charge in [-0.2, -0.15) is 0 Å². The second-order valence-corrected chi connectivity index (χ2v) is 5.27. The molecule has 0 spiro atoms. The average molecular weight is 241 g/mol. The van der Waals surface area contributed by atoms with E-state index in [1.54, 1.807) is 0 Å². The highest BCUT2D eigenvalue weighted by molar-refractivity contribution is 5.73. The Morgan fingerprint density at radius 1 is 1.53 bits per heavy atom. The summed E-state index contributed by atoms with van der Waals surface area (Å²) >= 11 is 0. The van der Waals surface area contributed by atoms with Gasteiger partial charge in [-0.1, -0.05) is 0 Å². The maximum Gasteiger partial charge on any atom is 0.320 e. The summed E-state index contributed by atoms with van der Waals surface area (Å²) in [5.41, 5.74) is 5.53. The van der Waals surface area contributed by atoms with Crippen LogP contribution < -0.4 is 5.73 Å². The molecule has 98 valence electrons. The van der Waals surface area contributed by atoms with Crippen LogP contribution in [0.1, 0.15) is 26.2 Å². The number of carbonyl (C=O) groups is 1. The van der Waals surface area contributed by atoms with Gasteiger partial charge in [-0.15, -0.1) is 0 Å². The van der Waals surface area contributed by atoms with Crippen LogP contribution in [0.4, 0.5) is 0 Å². The van der Waals surface area contributed by atoms with Crippen LogP contribution in [0.25, 0.3) is 0 Å². The van der Waals surface area contributed by atoms with Gasteiger partial charge in [-0.25, -0.2) is 0 Å². The van der Waals surface area contributed by atoms with Crippen LogP contribution in [0.15, 0.2) is 0 Å². The summed E-state index contributed by atoms with van der Waals surface area (Å²) in [5, 5.41) is 9.30. The zero-order valence-electron chi connectivity index (χ0n) is 10.5. The summed E-state index contributed by atoms with van der Waals surface area (Å²) in [6.07, 6.45) is 3.00. The van der Waals surface area contributed by atoms with Crippen molar-refractivity contribution in [2.24, 2.45) is 5.73 Å². The van der Waals surface area contributed by atoms with Crippen LogP contribution in [0.2, 0.25) is 0 Å². The molecule has 0 aliphatic carbocycles. The molecule has 5 nitrogen and oxygen atoms in total. The predicted octanol–water partition coefficient (Wildman–Crippen LogP) is -0.0431. The van der Waals surface area contributed by atoms with Crippen molar-refractivity contribution in [3.8, 4) is 0 Å². The molecule has 3 atom stereocenters. The van der Waals surface area contributed by atoms with E-state index in [1.165, 1.54) is 19.4 Å². The maximum absolute atomic E-state index is 11.3. The van der Waals surface area contributed by atoms with Gasteiger partial charge in [-0.3, -0.25) is 14.6 Å². The van der Waals surface area contributed by atoms with Crippen molar-refractivity contribution in [3.05, 3.63) is 0 Å². The number of carboxylic acid groups (broad SMARTS) is 1. The van der Waals surface area contributed by atoms with Crippen molar-refractivity contribution in [2.75, 3.05) is 26.2 Å². The molecule has 0 aromatic rings. The maximum atomic E-state index is 11.3. The fourth-order valence-electron chi connectivity index (χ4n) is 3.23. The lowest BCUT2D eigenvalue weighted by molar-refractivity contribution is -0.146. The van der Waals surface area contributed by atoms with Crippen molar-refractivity contribution in [2.45, 2.75) is 44.3 Å². The molecule has 2 fully saturated rings. The number of hydrogen-bond acceptors (Lipinski definition) is 4. The fraction of sp³-hybridized carbons (Fsp3) is 0.917. The molecule has 0 bridgehead atoms. The van der Waals surface area contributed by atoms with Crippen molar-refractivity contribution < 1.29 is 9.90 Å². The first kappa shape index (κ1) is 12.8. The number of fused-ring (bicyclic) bond motifs is 1. The molecule has 2 saturated heterocycles. The first-order valence-corrected chi connectivity index (χ1v) is 6.56. The van der Waals surface area contributed by atoms with Crippen LogP contribution >= 0.6 is 0 Å². The third-order valence-electron chi connectivity index (χ3n) is 4.11. The van der Waals surface area contributed by atoms with E-state index in [0.717, 1.165) is 13.1 Å². The van der Waals surface area contributed by atoms with Gasteiger partial charge in [0.1, 0.15) is 6.04 Å². The number of nitrogens with two attached hydrogens (primary N) is 1. The minimum absolute atomic E-state index is 0.317. The zero-order chi connectivity index (χ0) is 12.4. The van der Waals surface area contributed by atoms with Crippen molar-refractivity contribution in [1.29, 1.82) is 0 Å². The molecule has 17 heavy (non-hydrogen) atoms. The summed E-state index contributed by atoms with van der Waals surface area (Å²) in [4.78, 5) is 16.0. The lowest BCUT2D eigenvalue weighted by Gasteiger charge is -2.44. The van der Waals surface area contributed by atoms with Crippen molar-refractivity contribution in [3.63, 3.8) is 0 Å². The number of hydrogen-bond donors (Lipinski definition) is 2. The van der Waals surface area contributed by atoms with E-state index in [4.69, 9.17) is 5.73 Å². The van der Waals surface area contributed by atoms with Crippen LogP contribution in [-0.4, -0.2) is 65.2 Å². The van der Waals surface area contributed by atoms with Crippen molar-refractivity contribution in [1.82, 2.24) is 9.80 Å². The Labute approximate surface area is 103 Å². The summed E-state index contributed by atoms with van der Waals surface area (Å²) in [6.45, 7) is 5.63. The van der Waals surface area contributed by atoms with Crippen LogP contribution in [-0.2, 0) is 4.79 Å². The minimum Gasteiger partial charge on any atom is -0.480 e. The second-order valence-electron chi connectivity index (χ2n) is 5.27. The van der Waals surface area contributed by atoms with Crippen molar-refractivity contribution >= 4 is 5.97 Å². The van der Waals surface area contributed by atoms with E-state index in [2.05, 4.69) is 16.7 Å². The Balaban J connectivity index is 2.05. The Morgan fingerprint density at radius 2 is 2.29 bits per heavy atom. The third-order valence-corrected chi connectivity index (χ3v) is 4.11. The highest BCUT2D eigenvalue weighted by Crippen LogP contribution is 2.26. The van der Waals surface area contributed by atoms with Crippen LogP contribution in [0.3, 0.4) is 0 Å². The van der Waals surface area contributed by atoms with Crippen LogP contribution in [0.5, 0.6) is 0 Å². The predicted molar refractivity (Wildman–Crippen MR) is 65.9 cm³/mol. The number of nitrogens with zero attached hydrogens (tertiary/aromatic N) is 2. The van der Waals surface area contributed by atoms with E-state index >= 15 is 0 Å². The average Bonchev–Trinajstić information content (AvgIpc) is 2.71. The molecule has 3 N–H and O–H groups in total. The van der Waals surface area contributed by atoms with E-state index < -0.39 is 12.0 Å². The molecule has 2 heterocycles. The van der Waals surface area contributed by atoms with E-state index in [-0.39, 0.29) is 0 Å². The van der Waals surface area contributed by atoms with Crippen LogP contribution in [0, 0.1) is 0 Å². The molecule has 2 rings (SSSR count). The molecular formula is C12H23N3O2. The van der Waals surface area contributed by atoms with E-state index in [1.807, 2.05) is 0 Å². The van der Waals surface area contributed by atoms with Gasteiger partial charge in [0.25, 0.3) is 0 Å². The standard InChI is InChI=1S/C12H23N3O2/c1-9-7-14-6-2-3-10(14)8-15(9)11(4-5-13)12(16)17/h9-11H,2-8,13H2,1H3,(H,16,17). The van der Waals surface area contributed by atoms with Gasteiger partial charge < -0.3 is 10.8 Å². The quantitative estimate of drug-likeness (QED) is 0.722. The zero-order valence-corrected chi connectivity index (χ0v) is 10.5. The van der Waals surface area contributed by atoms with Gasteiger partial charge in [0.2, 0.25) is 0 Å². The monoisotopic (exact) mass is 241 g/mol. The van der Waals surface area contributed by atoms with Gasteiger partial charge in [0.05, 0.1) is 0 Å². The van der Waals surface area contributed by atoms with Gasteiger partial charge in [0, 0.05) is 25.2 Å². The molecule has 5 heteroatoms. The summed E-state index contributed by atoms with van der Waals surface area (Å²) in [7, 11) is 0. The third kappa shape index (κ3) is 2.61. The Kier molecular flexibility index (Phi) is 4.01. The molecule has 0 aromatic heterocycles. The molecule has 2 aliphatic rings. The fourth-order valence-corrected chi connectivity index (χ4v) is 3.23. The second kappa shape index (κ2) is 5.33. The first-order chi connectivity index (χ1) is 8.13. The van der Waals surface area contributed by atoms with E-state index in [9.17, 15) is 9.90 Å². The van der Waals surface area contributed by atoms with Gasteiger partial charge in [-0.05, 0) is 39.3 Å². The Bertz CT molecular complexity index is 285. The molecule has 0 amide bonds. The summed E-state index contributed by atoms with van der Waals surface area (Å²) in [5.74, 6) is -0.728. The smallest absolute Gasteiger partial charge is 0.320 e. The topological polar surface area (TPSA) is 69.8 Å². The summed E-state index contributed by atoms with van der Waals surface area (Å²) in [6, 6.07) is 0.473. The molecule has 0 radical (unpaired) electrons. The van der Waals surface area contributed by atoms with Gasteiger partial charge >= 0.3 is 5.97 Å². The molecule has 0 saturated carbocycles. The number of carboxylic acids is 1. The normalized spacial score (nSPS) is 32.4. The first-order valence-electron chi connectivity index (χ1n) is 6.56. The van der Waals surface area contributed by atoms with E-state index in [0.29, 0.717) is 25.0 Å². The largest absolute Gasteiger partial charge is 0.480 e. The highest BCUT2D eigenvalue weighted by Gasteiger charge is 2.39. The minimum atomic E-state index is -0.728. The SMILES string of the molecule is CC1CN2CCCC2CN1C(CCN)C(=O)O. The Hall–Kier alpha value is -0.650. The number of piperazine rings is 1. The summed E-state index contributed by atoms with van der Waals surface area (Å²) < 4.78 is 0. The lowest BCUT2D eigenvalue weighted by Crippen LogP contribution is -2.59. The lowest BCUT2D eigenvalue weighted by atomic mass is 10.0. The van der Waals surface area contributed by atoms with Gasteiger partial charge in [0.15, 0.2) is 0 Å². The number of aliphatic carboxylic acids is 1. The highest BCUT2D eigenvalue weighted by atomic mass is 16.4. The molecule has 2 aliphatic heterocycles. The number of rotatable bonds is 4. The molecule has 3 unspecified atom stereocenters.